The van der Waals surface area contributed by atoms with Crippen molar-refractivity contribution >= 4 is 39.3 Å². The van der Waals surface area contributed by atoms with Gasteiger partial charge in [-0.05, 0) is 66.4 Å². The number of rotatable bonds is 3. The molecule has 0 saturated heterocycles. The highest BCUT2D eigenvalue weighted by Crippen LogP contribution is 2.41. The van der Waals surface area contributed by atoms with E-state index >= 15 is 0 Å². The van der Waals surface area contributed by atoms with Crippen LogP contribution in [0.25, 0.3) is 21.7 Å². The molecular formula is C27H19F3N6O. The van der Waals surface area contributed by atoms with E-state index in [0.29, 0.717) is 46.3 Å². The molecule has 3 heterocycles. The van der Waals surface area contributed by atoms with Crippen molar-refractivity contribution in [3.05, 3.63) is 95.6 Å². The number of fused-ring (bicyclic) bond motifs is 4. The number of amides is 1. The highest BCUT2D eigenvalue weighted by atomic mass is 19.4. The third-order valence-corrected chi connectivity index (χ3v) is 6.69. The number of halogens is 3. The van der Waals surface area contributed by atoms with E-state index in [1.165, 1.54) is 23.4 Å². The lowest BCUT2D eigenvalue weighted by Crippen LogP contribution is -2.35. The summed E-state index contributed by atoms with van der Waals surface area (Å²) >= 11 is 0. The lowest BCUT2D eigenvalue weighted by molar-refractivity contribution is -0.137. The molecule has 1 aliphatic carbocycles. The molecule has 1 atom stereocenters. The molecule has 0 radical (unpaired) electrons. The van der Waals surface area contributed by atoms with Crippen LogP contribution in [0.2, 0.25) is 0 Å². The maximum Gasteiger partial charge on any atom is 0.416 e. The van der Waals surface area contributed by atoms with Crippen molar-refractivity contribution in [2.45, 2.75) is 25.1 Å². The third-order valence-electron chi connectivity index (χ3n) is 6.69. The fourth-order valence-electron chi connectivity index (χ4n) is 4.97. The number of nitrogens with zero attached hydrogens (tertiary/aromatic N) is 5. The van der Waals surface area contributed by atoms with Crippen molar-refractivity contribution in [2.75, 3.05) is 10.6 Å². The molecule has 0 bridgehead atoms. The first kappa shape index (κ1) is 22.8. The zero-order valence-corrected chi connectivity index (χ0v) is 19.3. The normalized spacial score (nSPS) is 15.2. The van der Waals surface area contributed by atoms with Crippen LogP contribution in [-0.2, 0) is 12.6 Å². The van der Waals surface area contributed by atoms with Crippen molar-refractivity contribution in [3.63, 3.8) is 0 Å². The van der Waals surface area contributed by atoms with Crippen molar-refractivity contribution in [2.24, 2.45) is 0 Å². The number of hydrogen-bond donors (Lipinski definition) is 1. The van der Waals surface area contributed by atoms with Gasteiger partial charge in [0.25, 0.3) is 5.91 Å². The van der Waals surface area contributed by atoms with Crippen LogP contribution < -0.4 is 10.6 Å². The van der Waals surface area contributed by atoms with Gasteiger partial charge >= 0.3 is 6.18 Å². The molecule has 2 aromatic carbocycles. The minimum Gasteiger partial charge on any atom is -0.383 e. The Labute approximate surface area is 208 Å². The molecule has 6 rings (SSSR count). The SMILES string of the molecule is Nc1nc2ccc(C(=O)N(c3ncccn3)C3CCc4cc(C(F)(F)F)ccc43)cc2c2cnccc12. The second-order valence-electron chi connectivity index (χ2n) is 8.84. The zero-order valence-electron chi connectivity index (χ0n) is 19.3. The van der Waals surface area contributed by atoms with Crippen LogP contribution in [0, 0.1) is 0 Å². The summed E-state index contributed by atoms with van der Waals surface area (Å²) in [5.74, 6) is 0.163. The van der Waals surface area contributed by atoms with E-state index in [-0.39, 0.29) is 11.9 Å². The van der Waals surface area contributed by atoms with Gasteiger partial charge in [0.2, 0.25) is 5.95 Å². The molecule has 0 saturated carbocycles. The van der Waals surface area contributed by atoms with E-state index in [1.807, 2.05) is 0 Å². The molecular weight excluding hydrogens is 481 g/mol. The number of hydrogen-bond acceptors (Lipinski definition) is 6. The standard InChI is InChI=1S/C27H19F3N6O/c28-27(29,30)17-4-5-18-15(12-17)3-7-23(18)36(26-33-9-1-10-34-26)25(37)16-2-6-22-20(13-16)21-14-32-11-8-19(21)24(31)35-22/h1-2,4-6,8-14,23H,3,7H2,(H2,31,35). The Kier molecular flexibility index (Phi) is 5.25. The number of alkyl halides is 3. The Balaban J connectivity index is 1.47. The smallest absolute Gasteiger partial charge is 0.383 e. The summed E-state index contributed by atoms with van der Waals surface area (Å²) in [5, 5.41) is 2.19. The topological polar surface area (TPSA) is 97.9 Å². The quantitative estimate of drug-likeness (QED) is 0.328. The number of aromatic nitrogens is 4. The summed E-state index contributed by atoms with van der Waals surface area (Å²) in [5.41, 5.74) is 7.59. The maximum atomic E-state index is 14.0. The van der Waals surface area contributed by atoms with Gasteiger partial charge in [-0.3, -0.25) is 14.7 Å². The van der Waals surface area contributed by atoms with Gasteiger partial charge in [-0.15, -0.1) is 0 Å². The Morgan fingerprint density at radius 2 is 1.78 bits per heavy atom. The molecule has 3 aromatic heterocycles. The molecule has 37 heavy (non-hydrogen) atoms. The molecule has 0 aliphatic heterocycles. The van der Waals surface area contributed by atoms with Gasteiger partial charge in [0.05, 0.1) is 17.1 Å². The molecule has 0 spiro atoms. The minimum atomic E-state index is -4.44. The summed E-state index contributed by atoms with van der Waals surface area (Å²) in [6, 6.07) is 11.6. The largest absolute Gasteiger partial charge is 0.416 e. The molecule has 1 unspecified atom stereocenters. The Morgan fingerprint density at radius 1 is 0.973 bits per heavy atom. The number of anilines is 2. The summed E-state index contributed by atoms with van der Waals surface area (Å²) < 4.78 is 39.9. The van der Waals surface area contributed by atoms with E-state index in [2.05, 4.69) is 19.9 Å². The minimum absolute atomic E-state index is 0.173. The van der Waals surface area contributed by atoms with Crippen LogP contribution in [0.3, 0.4) is 0 Å². The predicted molar refractivity (Wildman–Crippen MR) is 133 cm³/mol. The van der Waals surface area contributed by atoms with E-state index in [4.69, 9.17) is 5.73 Å². The Bertz CT molecular complexity index is 1670. The second kappa shape index (κ2) is 8.51. The van der Waals surface area contributed by atoms with Gasteiger partial charge in [0.1, 0.15) is 5.82 Å². The monoisotopic (exact) mass is 500 g/mol. The molecule has 1 aliphatic rings. The Morgan fingerprint density at radius 3 is 2.57 bits per heavy atom. The number of nitrogens with two attached hydrogens (primary N) is 1. The van der Waals surface area contributed by atoms with Crippen molar-refractivity contribution < 1.29 is 18.0 Å². The number of aryl methyl sites for hydroxylation is 1. The van der Waals surface area contributed by atoms with Gasteiger partial charge in [-0.2, -0.15) is 13.2 Å². The van der Waals surface area contributed by atoms with Gasteiger partial charge in [0.15, 0.2) is 0 Å². The van der Waals surface area contributed by atoms with Gasteiger partial charge in [0, 0.05) is 46.5 Å². The maximum absolute atomic E-state index is 14.0. The first-order valence-electron chi connectivity index (χ1n) is 11.5. The van der Waals surface area contributed by atoms with E-state index in [9.17, 15) is 18.0 Å². The molecule has 0 fully saturated rings. The average molecular weight is 500 g/mol. The number of carbonyl (C=O) groups is 1. The molecule has 10 heteroatoms. The van der Waals surface area contributed by atoms with Crippen LogP contribution in [-0.4, -0.2) is 25.8 Å². The van der Waals surface area contributed by atoms with Crippen molar-refractivity contribution in [1.82, 2.24) is 19.9 Å². The van der Waals surface area contributed by atoms with E-state index in [1.54, 1.807) is 42.7 Å². The van der Waals surface area contributed by atoms with E-state index in [0.717, 1.165) is 22.9 Å². The summed E-state index contributed by atoms with van der Waals surface area (Å²) in [7, 11) is 0. The van der Waals surface area contributed by atoms with Crippen LogP contribution in [0.15, 0.2) is 73.3 Å². The molecule has 1 amide bonds. The third kappa shape index (κ3) is 3.90. The first-order valence-corrected chi connectivity index (χ1v) is 11.5. The molecule has 7 nitrogen and oxygen atoms in total. The number of carbonyl (C=O) groups excluding carboxylic acids is 1. The average Bonchev–Trinajstić information content (AvgIpc) is 3.32. The highest BCUT2D eigenvalue weighted by Gasteiger charge is 2.37. The number of pyridine rings is 2. The van der Waals surface area contributed by atoms with Gasteiger partial charge in [-0.25, -0.2) is 15.0 Å². The molecule has 2 N–H and O–H groups in total. The highest BCUT2D eigenvalue weighted by molar-refractivity contribution is 6.13. The predicted octanol–water partition coefficient (Wildman–Crippen LogP) is 5.51. The second-order valence-corrected chi connectivity index (χ2v) is 8.84. The fraction of sp³-hybridized carbons (Fsp3) is 0.148. The van der Waals surface area contributed by atoms with Gasteiger partial charge in [-0.1, -0.05) is 6.07 Å². The van der Waals surface area contributed by atoms with Crippen LogP contribution in [0.4, 0.5) is 24.9 Å². The first-order chi connectivity index (χ1) is 17.8. The Hall–Kier alpha value is -4.60. The number of benzene rings is 2. The fourth-order valence-corrected chi connectivity index (χ4v) is 4.97. The summed E-state index contributed by atoms with van der Waals surface area (Å²) in [6.45, 7) is 0. The lowest BCUT2D eigenvalue weighted by atomic mass is 10.0. The van der Waals surface area contributed by atoms with Crippen LogP contribution in [0.5, 0.6) is 0 Å². The van der Waals surface area contributed by atoms with Gasteiger partial charge < -0.3 is 5.73 Å². The van der Waals surface area contributed by atoms with Crippen molar-refractivity contribution in [3.8, 4) is 0 Å². The summed E-state index contributed by atoms with van der Waals surface area (Å²) in [4.78, 5) is 32.7. The van der Waals surface area contributed by atoms with Crippen molar-refractivity contribution in [1.29, 1.82) is 0 Å². The lowest BCUT2D eigenvalue weighted by Gasteiger charge is -2.28. The molecule has 184 valence electrons. The summed E-state index contributed by atoms with van der Waals surface area (Å²) in [6.07, 6.45) is 2.75. The number of nitrogen functional groups attached to an aromatic ring is 1. The van der Waals surface area contributed by atoms with Crippen LogP contribution >= 0.6 is 0 Å². The van der Waals surface area contributed by atoms with Crippen LogP contribution in [0.1, 0.15) is 39.5 Å². The molecule has 5 aromatic rings. The zero-order chi connectivity index (χ0) is 25.7. The van der Waals surface area contributed by atoms with E-state index < -0.39 is 17.8 Å².